The van der Waals surface area contributed by atoms with Gasteiger partial charge >= 0.3 is 5.97 Å². The normalized spacial score (nSPS) is 15.7. The number of hydrogen-bond donors (Lipinski definition) is 3. The smallest absolute Gasteiger partial charge is 0.341 e. The minimum absolute atomic E-state index is 0.0857. The summed E-state index contributed by atoms with van der Waals surface area (Å²) in [4.78, 5) is 44.7. The first-order chi connectivity index (χ1) is 20.8. The number of carboxylic acid groups (broad SMARTS) is 1. The number of hydrazone groups is 1. The highest BCUT2D eigenvalue weighted by atomic mass is 19.1. The summed E-state index contributed by atoms with van der Waals surface area (Å²) in [5.74, 6) is -2.21. The molecular formula is C31H30FN7O4. The van der Waals surface area contributed by atoms with Crippen LogP contribution in [0.5, 0.6) is 0 Å². The van der Waals surface area contributed by atoms with E-state index in [4.69, 9.17) is 5.73 Å². The number of amides is 1. The highest BCUT2D eigenvalue weighted by molar-refractivity contribution is 5.95. The quantitative estimate of drug-likeness (QED) is 0.163. The number of aromatic carboxylic acids is 1. The molecule has 1 saturated carbocycles. The SMILES string of the molecule is Nc1c(/C=N/NC(=O)c2ccncc2)cccc1CN1CCN(c2cc3c(cc2F)c(=O)c(C(=O)O)cn3C2CC2)CC1. The largest absolute Gasteiger partial charge is 0.477 e. The van der Waals surface area contributed by atoms with Gasteiger partial charge in [0.25, 0.3) is 5.91 Å². The molecule has 1 aliphatic heterocycles. The molecule has 12 heteroatoms. The summed E-state index contributed by atoms with van der Waals surface area (Å²) < 4.78 is 17.2. The van der Waals surface area contributed by atoms with E-state index in [9.17, 15) is 19.5 Å². The van der Waals surface area contributed by atoms with Gasteiger partial charge in [-0.1, -0.05) is 18.2 Å². The van der Waals surface area contributed by atoms with Crippen LogP contribution in [-0.2, 0) is 6.54 Å². The van der Waals surface area contributed by atoms with Crippen molar-refractivity contribution in [1.82, 2.24) is 19.9 Å². The fraction of sp³-hybridized carbons (Fsp3) is 0.258. The summed E-state index contributed by atoms with van der Waals surface area (Å²) in [6.45, 7) is 3.02. The number of pyridine rings is 2. The molecule has 3 heterocycles. The number of nitrogens with zero attached hydrogens (tertiary/aromatic N) is 5. The van der Waals surface area contributed by atoms with Crippen molar-refractivity contribution in [1.29, 1.82) is 0 Å². The number of rotatable bonds is 8. The number of fused-ring (bicyclic) bond motifs is 1. The highest BCUT2D eigenvalue weighted by Crippen LogP contribution is 2.38. The number of carbonyl (C=O) groups excluding carboxylic acids is 1. The third-order valence-corrected chi connectivity index (χ3v) is 7.92. The average Bonchev–Trinajstić information content (AvgIpc) is 3.85. The number of carbonyl (C=O) groups is 2. The fourth-order valence-electron chi connectivity index (χ4n) is 5.41. The van der Waals surface area contributed by atoms with Crippen molar-refractivity contribution in [3.8, 4) is 0 Å². The average molecular weight is 584 g/mol. The van der Waals surface area contributed by atoms with E-state index < -0.39 is 17.2 Å². The number of anilines is 2. The van der Waals surface area contributed by atoms with Crippen LogP contribution in [0.1, 0.15) is 50.7 Å². The Morgan fingerprint density at radius 3 is 2.56 bits per heavy atom. The van der Waals surface area contributed by atoms with Crippen molar-refractivity contribution in [2.45, 2.75) is 25.4 Å². The molecule has 0 bridgehead atoms. The molecule has 4 aromatic rings. The standard InChI is InChI=1S/C31H30FN7O4/c32-25-14-23-26(39(22-4-5-22)18-24(29(23)40)31(42)43)15-27(25)38-12-10-37(11-13-38)17-21-3-1-2-20(28(21)33)16-35-36-30(41)19-6-8-34-9-7-19/h1-3,6-9,14-16,18,22H,4-5,10-13,17,33H2,(H,36,41)(H,42,43)/b35-16+. The van der Waals surface area contributed by atoms with E-state index in [1.807, 2.05) is 27.7 Å². The second kappa shape index (κ2) is 11.6. The molecule has 1 aliphatic carbocycles. The fourth-order valence-corrected chi connectivity index (χ4v) is 5.41. The van der Waals surface area contributed by atoms with Crippen LogP contribution in [-0.4, -0.2) is 63.8 Å². The first-order valence-corrected chi connectivity index (χ1v) is 14.0. The monoisotopic (exact) mass is 583 g/mol. The van der Waals surface area contributed by atoms with E-state index in [1.165, 1.54) is 30.9 Å². The summed E-state index contributed by atoms with van der Waals surface area (Å²) in [5.41, 5.74) is 11.5. The third kappa shape index (κ3) is 5.82. The zero-order chi connectivity index (χ0) is 30.1. The Hall–Kier alpha value is -5.10. The van der Waals surface area contributed by atoms with Crippen molar-refractivity contribution >= 4 is 40.4 Å². The number of para-hydroxylation sites is 1. The Kier molecular flexibility index (Phi) is 7.59. The number of piperazine rings is 1. The molecule has 0 radical (unpaired) electrons. The maximum Gasteiger partial charge on any atom is 0.341 e. The Morgan fingerprint density at radius 2 is 1.86 bits per heavy atom. The van der Waals surface area contributed by atoms with Crippen LogP contribution in [0.2, 0.25) is 0 Å². The molecular weight excluding hydrogens is 553 g/mol. The predicted molar refractivity (Wildman–Crippen MR) is 161 cm³/mol. The number of benzene rings is 2. The number of carboxylic acids is 1. The number of nitrogen functional groups attached to an aromatic ring is 1. The van der Waals surface area contributed by atoms with Crippen LogP contribution >= 0.6 is 0 Å². The summed E-state index contributed by atoms with van der Waals surface area (Å²) in [7, 11) is 0. The van der Waals surface area contributed by atoms with Crippen LogP contribution in [0.25, 0.3) is 10.9 Å². The predicted octanol–water partition coefficient (Wildman–Crippen LogP) is 3.24. The number of nitrogens with two attached hydrogens (primary N) is 1. The molecule has 2 fully saturated rings. The molecule has 0 atom stereocenters. The maximum atomic E-state index is 15.3. The van der Waals surface area contributed by atoms with Gasteiger partial charge in [-0.05, 0) is 42.7 Å². The zero-order valence-corrected chi connectivity index (χ0v) is 23.2. The number of hydrogen-bond acceptors (Lipinski definition) is 8. The van der Waals surface area contributed by atoms with E-state index in [2.05, 4.69) is 20.4 Å². The molecule has 11 nitrogen and oxygen atoms in total. The lowest BCUT2D eigenvalue weighted by Crippen LogP contribution is -2.46. The lowest BCUT2D eigenvalue weighted by atomic mass is 10.1. The molecule has 220 valence electrons. The molecule has 43 heavy (non-hydrogen) atoms. The molecule has 6 rings (SSSR count). The Bertz CT molecular complexity index is 1800. The van der Waals surface area contributed by atoms with Gasteiger partial charge in [0, 0.05) is 79.6 Å². The second-order valence-corrected chi connectivity index (χ2v) is 10.8. The van der Waals surface area contributed by atoms with E-state index in [-0.39, 0.29) is 22.9 Å². The second-order valence-electron chi connectivity index (χ2n) is 10.8. The topological polar surface area (TPSA) is 146 Å². The van der Waals surface area contributed by atoms with Crippen LogP contribution in [0.4, 0.5) is 15.8 Å². The minimum atomic E-state index is -1.31. The first-order valence-electron chi connectivity index (χ1n) is 14.0. The van der Waals surface area contributed by atoms with E-state index in [0.29, 0.717) is 60.7 Å². The Balaban J connectivity index is 1.13. The number of nitrogens with one attached hydrogen (secondary N) is 1. The van der Waals surface area contributed by atoms with E-state index in [1.54, 1.807) is 18.2 Å². The summed E-state index contributed by atoms with van der Waals surface area (Å²) in [6, 6.07) is 11.8. The van der Waals surface area contributed by atoms with Crippen LogP contribution in [0.3, 0.4) is 0 Å². The van der Waals surface area contributed by atoms with Gasteiger partial charge in [-0.25, -0.2) is 14.6 Å². The van der Waals surface area contributed by atoms with Gasteiger partial charge in [-0.15, -0.1) is 0 Å². The third-order valence-electron chi connectivity index (χ3n) is 7.92. The molecule has 1 amide bonds. The van der Waals surface area contributed by atoms with E-state index >= 15 is 4.39 Å². The lowest BCUT2D eigenvalue weighted by Gasteiger charge is -2.36. The molecule has 2 aromatic heterocycles. The van der Waals surface area contributed by atoms with Crippen LogP contribution in [0.15, 0.2) is 71.0 Å². The molecule has 0 spiro atoms. The number of aromatic nitrogens is 2. The summed E-state index contributed by atoms with van der Waals surface area (Å²) in [6.07, 6.45) is 7.74. The lowest BCUT2D eigenvalue weighted by molar-refractivity contribution is 0.0694. The van der Waals surface area contributed by atoms with Gasteiger partial charge < -0.3 is 20.3 Å². The zero-order valence-electron chi connectivity index (χ0n) is 23.2. The van der Waals surface area contributed by atoms with Crippen molar-refractivity contribution in [3.63, 3.8) is 0 Å². The molecule has 1 saturated heterocycles. The van der Waals surface area contributed by atoms with Gasteiger partial charge in [-0.3, -0.25) is 19.5 Å². The molecule has 2 aromatic carbocycles. The van der Waals surface area contributed by atoms with Gasteiger partial charge in [0.05, 0.1) is 17.4 Å². The van der Waals surface area contributed by atoms with Crippen molar-refractivity contribution in [2.24, 2.45) is 5.10 Å². The molecule has 0 unspecified atom stereocenters. The van der Waals surface area contributed by atoms with Gasteiger partial charge in [0.15, 0.2) is 0 Å². The maximum absolute atomic E-state index is 15.3. The van der Waals surface area contributed by atoms with Gasteiger partial charge in [0.1, 0.15) is 11.4 Å². The number of halogens is 1. The Morgan fingerprint density at radius 1 is 1.12 bits per heavy atom. The highest BCUT2D eigenvalue weighted by Gasteiger charge is 2.28. The van der Waals surface area contributed by atoms with Gasteiger partial charge in [-0.2, -0.15) is 5.10 Å². The van der Waals surface area contributed by atoms with Crippen LogP contribution in [0, 0.1) is 5.82 Å². The van der Waals surface area contributed by atoms with Gasteiger partial charge in [0.2, 0.25) is 5.43 Å². The summed E-state index contributed by atoms with van der Waals surface area (Å²) in [5, 5.41) is 13.6. The van der Waals surface area contributed by atoms with Crippen LogP contribution < -0.4 is 21.5 Å². The summed E-state index contributed by atoms with van der Waals surface area (Å²) >= 11 is 0. The first kappa shape index (κ1) is 28.0. The van der Waals surface area contributed by atoms with Crippen molar-refractivity contribution in [3.05, 3.63) is 99.3 Å². The van der Waals surface area contributed by atoms with Crippen molar-refractivity contribution < 1.29 is 19.1 Å². The van der Waals surface area contributed by atoms with E-state index in [0.717, 1.165) is 18.4 Å². The Labute approximate surface area is 246 Å². The molecule has 2 aliphatic rings. The minimum Gasteiger partial charge on any atom is -0.477 e. The van der Waals surface area contributed by atoms with Crippen molar-refractivity contribution in [2.75, 3.05) is 36.8 Å². The molecule has 4 N–H and O–H groups in total.